The molecule has 4 heteroatoms. The van der Waals surface area contributed by atoms with Crippen molar-refractivity contribution in [1.29, 1.82) is 0 Å². The molecule has 0 aliphatic rings. The molecule has 1 heterocycles. The van der Waals surface area contributed by atoms with Crippen molar-refractivity contribution in [2.75, 3.05) is 19.7 Å². The second-order valence-corrected chi connectivity index (χ2v) is 3.50. The summed E-state index contributed by atoms with van der Waals surface area (Å²) in [6.45, 7) is 4.99. The average Bonchev–Trinajstić information content (AvgIpc) is 2.53. The molecule has 0 amide bonds. The maximum absolute atomic E-state index is 8.90. The topological polar surface area (TPSA) is 41.3 Å². The summed E-state index contributed by atoms with van der Waals surface area (Å²) in [5.74, 6) is 0. The van der Waals surface area contributed by atoms with Gasteiger partial charge in [-0.05, 0) is 13.0 Å². The van der Waals surface area contributed by atoms with Gasteiger partial charge in [-0.3, -0.25) is 4.90 Å². The van der Waals surface area contributed by atoms with Crippen molar-refractivity contribution >= 4 is 0 Å². The molecule has 1 aromatic rings. The Labute approximate surface area is 85.2 Å². The lowest BCUT2D eigenvalue weighted by atomic mass is 10.3. The van der Waals surface area contributed by atoms with Gasteiger partial charge < -0.3 is 9.67 Å². The van der Waals surface area contributed by atoms with Gasteiger partial charge in [-0.15, -0.1) is 0 Å². The summed E-state index contributed by atoms with van der Waals surface area (Å²) in [6.07, 6.45) is 4.79. The van der Waals surface area contributed by atoms with Crippen molar-refractivity contribution in [2.24, 2.45) is 7.05 Å². The second-order valence-electron chi connectivity index (χ2n) is 3.50. The van der Waals surface area contributed by atoms with Crippen LogP contribution < -0.4 is 0 Å². The zero-order valence-corrected chi connectivity index (χ0v) is 8.98. The molecule has 80 valence electrons. The van der Waals surface area contributed by atoms with E-state index in [1.807, 2.05) is 17.8 Å². The van der Waals surface area contributed by atoms with Crippen LogP contribution in [0.15, 0.2) is 12.5 Å². The van der Waals surface area contributed by atoms with Crippen LogP contribution in [0.1, 0.15) is 19.0 Å². The van der Waals surface area contributed by atoms with E-state index in [0.29, 0.717) is 0 Å². The maximum Gasteiger partial charge on any atom is 0.0945 e. The first-order chi connectivity index (χ1) is 6.77. The normalized spacial score (nSPS) is 11.1. The first-order valence-corrected chi connectivity index (χ1v) is 5.06. The number of imidazole rings is 1. The molecule has 0 aliphatic heterocycles. The Balaban J connectivity index is 2.50. The molecule has 4 nitrogen and oxygen atoms in total. The molecule has 14 heavy (non-hydrogen) atoms. The molecule has 0 radical (unpaired) electrons. The first-order valence-electron chi connectivity index (χ1n) is 5.06. The molecule has 1 N–H and O–H groups in total. The lowest BCUT2D eigenvalue weighted by Crippen LogP contribution is -2.28. The lowest BCUT2D eigenvalue weighted by molar-refractivity contribution is 0.188. The van der Waals surface area contributed by atoms with Gasteiger partial charge in [0, 0.05) is 26.3 Å². The fraction of sp³-hybridized carbons (Fsp3) is 0.700. The monoisotopic (exact) mass is 197 g/mol. The Morgan fingerprint density at radius 3 is 2.79 bits per heavy atom. The number of nitrogens with zero attached hydrogens (tertiary/aromatic N) is 3. The molecule has 0 aliphatic carbocycles. The molecule has 0 saturated heterocycles. The Morgan fingerprint density at radius 2 is 2.29 bits per heavy atom. The number of hydrogen-bond acceptors (Lipinski definition) is 3. The Kier molecular flexibility index (Phi) is 4.62. The molecule has 0 saturated carbocycles. The highest BCUT2D eigenvalue weighted by molar-refractivity contribution is 4.97. The van der Waals surface area contributed by atoms with E-state index in [-0.39, 0.29) is 6.61 Å². The highest BCUT2D eigenvalue weighted by Gasteiger charge is 2.06. The molecular weight excluding hydrogens is 178 g/mol. The minimum Gasteiger partial charge on any atom is -0.395 e. The summed E-state index contributed by atoms with van der Waals surface area (Å²) < 4.78 is 2.01. The van der Waals surface area contributed by atoms with Gasteiger partial charge in [0.15, 0.2) is 0 Å². The summed E-state index contributed by atoms with van der Waals surface area (Å²) >= 11 is 0. The molecule has 1 aromatic heterocycles. The fourth-order valence-corrected chi connectivity index (χ4v) is 1.49. The summed E-state index contributed by atoms with van der Waals surface area (Å²) in [6, 6.07) is 0. The zero-order chi connectivity index (χ0) is 10.4. The van der Waals surface area contributed by atoms with Crippen molar-refractivity contribution < 1.29 is 5.11 Å². The number of aliphatic hydroxyl groups is 1. The third-order valence-corrected chi connectivity index (χ3v) is 2.26. The zero-order valence-electron chi connectivity index (χ0n) is 8.98. The second kappa shape index (κ2) is 5.78. The molecule has 0 fully saturated rings. The van der Waals surface area contributed by atoms with E-state index in [1.165, 1.54) is 5.69 Å². The van der Waals surface area contributed by atoms with Gasteiger partial charge in [-0.25, -0.2) is 4.98 Å². The van der Waals surface area contributed by atoms with Gasteiger partial charge in [0.2, 0.25) is 0 Å². The van der Waals surface area contributed by atoms with E-state index in [1.54, 1.807) is 6.33 Å². The van der Waals surface area contributed by atoms with Crippen LogP contribution in [0.3, 0.4) is 0 Å². The first kappa shape index (κ1) is 11.2. The molecule has 0 unspecified atom stereocenters. The van der Waals surface area contributed by atoms with Gasteiger partial charge >= 0.3 is 0 Å². The van der Waals surface area contributed by atoms with E-state index >= 15 is 0 Å². The highest BCUT2D eigenvalue weighted by Crippen LogP contribution is 2.03. The van der Waals surface area contributed by atoms with Crippen LogP contribution in [0.2, 0.25) is 0 Å². The van der Waals surface area contributed by atoms with Crippen LogP contribution in [0, 0.1) is 0 Å². The highest BCUT2D eigenvalue weighted by atomic mass is 16.3. The third-order valence-electron chi connectivity index (χ3n) is 2.26. The van der Waals surface area contributed by atoms with Crippen molar-refractivity contribution in [3.05, 3.63) is 18.2 Å². The van der Waals surface area contributed by atoms with Crippen molar-refractivity contribution in [3.63, 3.8) is 0 Å². The van der Waals surface area contributed by atoms with E-state index in [2.05, 4.69) is 16.8 Å². The van der Waals surface area contributed by atoms with Crippen LogP contribution in [-0.2, 0) is 13.6 Å². The number of aromatic nitrogens is 2. The standard InChI is InChI=1S/C10H19N3O/c1-3-4-13(5-6-14)8-10-7-11-9-12(10)2/h7,9,14H,3-6,8H2,1-2H3. The SMILES string of the molecule is CCCN(CCO)Cc1cncn1C. The molecule has 0 aromatic carbocycles. The van der Waals surface area contributed by atoms with E-state index in [0.717, 1.165) is 26.1 Å². The van der Waals surface area contributed by atoms with Crippen molar-refractivity contribution in [3.8, 4) is 0 Å². The summed E-state index contributed by atoms with van der Waals surface area (Å²) in [5.41, 5.74) is 1.19. The van der Waals surface area contributed by atoms with Gasteiger partial charge in [0.05, 0.1) is 18.6 Å². The Bertz CT molecular complexity index is 254. The minimum absolute atomic E-state index is 0.220. The number of aliphatic hydroxyl groups excluding tert-OH is 1. The molecule has 0 bridgehead atoms. The number of hydrogen-bond donors (Lipinski definition) is 1. The third kappa shape index (κ3) is 3.12. The van der Waals surface area contributed by atoms with Crippen LogP contribution in [-0.4, -0.2) is 39.3 Å². The van der Waals surface area contributed by atoms with Gasteiger partial charge in [0.1, 0.15) is 0 Å². The fourth-order valence-electron chi connectivity index (χ4n) is 1.49. The smallest absolute Gasteiger partial charge is 0.0945 e. The van der Waals surface area contributed by atoms with E-state index in [4.69, 9.17) is 5.11 Å². The molecule has 0 spiro atoms. The summed E-state index contributed by atoms with van der Waals surface area (Å²) in [5, 5.41) is 8.90. The number of rotatable bonds is 6. The van der Waals surface area contributed by atoms with Crippen molar-refractivity contribution in [2.45, 2.75) is 19.9 Å². The largest absolute Gasteiger partial charge is 0.395 e. The van der Waals surface area contributed by atoms with Gasteiger partial charge in [-0.1, -0.05) is 6.92 Å². The van der Waals surface area contributed by atoms with Crippen LogP contribution in [0.5, 0.6) is 0 Å². The maximum atomic E-state index is 8.90. The van der Waals surface area contributed by atoms with Crippen LogP contribution in [0.25, 0.3) is 0 Å². The molecule has 1 rings (SSSR count). The van der Waals surface area contributed by atoms with Gasteiger partial charge in [-0.2, -0.15) is 0 Å². The predicted molar refractivity (Wildman–Crippen MR) is 55.9 cm³/mol. The average molecular weight is 197 g/mol. The molecule has 0 atom stereocenters. The van der Waals surface area contributed by atoms with Crippen LogP contribution in [0.4, 0.5) is 0 Å². The predicted octanol–water partition coefficient (Wildman–Crippen LogP) is 0.624. The quantitative estimate of drug-likeness (QED) is 0.727. The summed E-state index contributed by atoms with van der Waals surface area (Å²) in [7, 11) is 1.99. The Hall–Kier alpha value is -0.870. The van der Waals surface area contributed by atoms with Gasteiger partial charge in [0.25, 0.3) is 0 Å². The lowest BCUT2D eigenvalue weighted by Gasteiger charge is -2.20. The Morgan fingerprint density at radius 1 is 1.50 bits per heavy atom. The van der Waals surface area contributed by atoms with E-state index < -0.39 is 0 Å². The van der Waals surface area contributed by atoms with Crippen molar-refractivity contribution in [1.82, 2.24) is 14.5 Å². The minimum atomic E-state index is 0.220. The van der Waals surface area contributed by atoms with E-state index in [9.17, 15) is 0 Å². The van der Waals surface area contributed by atoms with Crippen LogP contribution >= 0.6 is 0 Å². The number of aryl methyl sites for hydroxylation is 1. The molecular formula is C10H19N3O. The summed E-state index contributed by atoms with van der Waals surface area (Å²) in [4.78, 5) is 6.30.